The molecule has 0 saturated heterocycles. The van der Waals surface area contributed by atoms with Crippen molar-refractivity contribution in [1.29, 1.82) is 0 Å². The number of pyridine rings is 1. The third-order valence-corrected chi connectivity index (χ3v) is 3.73. The van der Waals surface area contributed by atoms with Crippen LogP contribution in [-0.2, 0) is 6.42 Å². The van der Waals surface area contributed by atoms with Crippen molar-refractivity contribution in [3.05, 3.63) is 36.3 Å². The second kappa shape index (κ2) is 9.15. The van der Waals surface area contributed by atoms with E-state index in [-0.39, 0.29) is 6.10 Å². The first-order valence-corrected chi connectivity index (χ1v) is 8.11. The zero-order chi connectivity index (χ0) is 16.5. The summed E-state index contributed by atoms with van der Waals surface area (Å²) in [6.45, 7) is 5.74. The second-order valence-corrected chi connectivity index (χ2v) is 5.60. The molecule has 23 heavy (non-hydrogen) atoms. The third kappa shape index (κ3) is 5.56. The topological polar surface area (TPSA) is 72.1 Å². The van der Waals surface area contributed by atoms with Crippen molar-refractivity contribution in [3.63, 3.8) is 0 Å². The molecule has 2 N–H and O–H groups in total. The molecule has 2 rings (SSSR count). The Labute approximate surface area is 137 Å². The Hall–Kier alpha value is -2.08. The first-order chi connectivity index (χ1) is 11.2. The van der Waals surface area contributed by atoms with Crippen LogP contribution >= 0.6 is 0 Å². The summed E-state index contributed by atoms with van der Waals surface area (Å²) in [6, 6.07) is 4.57. The highest BCUT2D eigenvalue weighted by atomic mass is 16.5. The highest BCUT2D eigenvalue weighted by Gasteiger charge is 2.19. The van der Waals surface area contributed by atoms with Gasteiger partial charge >= 0.3 is 0 Å². The Morgan fingerprint density at radius 2 is 2.17 bits per heavy atom. The Bertz CT molecular complexity index is 542. The van der Waals surface area contributed by atoms with E-state index in [0.29, 0.717) is 24.4 Å². The number of imidazole rings is 1. The Kier molecular flexibility index (Phi) is 6.87. The van der Waals surface area contributed by atoms with Gasteiger partial charge < -0.3 is 19.8 Å². The molecule has 0 aliphatic rings. The standard InChI is InChI=1S/C17H26N4O2/c1-4-15(23-17-19-7-8-20-17)13(2)11-14-5-6-16(21-12-14)22-10-9-18-3/h5-8,12-13,15,18H,4,9-11H2,1-3H3,(H,19,20). The molecule has 126 valence electrons. The molecular weight excluding hydrogens is 292 g/mol. The smallest absolute Gasteiger partial charge is 0.293 e. The number of aromatic nitrogens is 3. The number of nitrogens with one attached hydrogen (secondary N) is 2. The minimum Gasteiger partial charge on any atom is -0.476 e. The molecule has 0 amide bonds. The Balaban J connectivity index is 1.86. The third-order valence-electron chi connectivity index (χ3n) is 3.73. The van der Waals surface area contributed by atoms with Gasteiger partial charge in [0.1, 0.15) is 12.7 Å². The number of hydrogen-bond acceptors (Lipinski definition) is 5. The van der Waals surface area contributed by atoms with Gasteiger partial charge in [0.15, 0.2) is 0 Å². The molecule has 0 radical (unpaired) electrons. The molecule has 6 nitrogen and oxygen atoms in total. The van der Waals surface area contributed by atoms with Crippen LogP contribution in [0.4, 0.5) is 0 Å². The van der Waals surface area contributed by atoms with E-state index in [1.165, 1.54) is 5.56 Å². The molecule has 2 heterocycles. The zero-order valence-corrected chi connectivity index (χ0v) is 14.1. The summed E-state index contributed by atoms with van der Waals surface area (Å²) in [5.74, 6) is 1.03. The van der Waals surface area contributed by atoms with E-state index < -0.39 is 0 Å². The fraction of sp³-hybridized carbons (Fsp3) is 0.529. The van der Waals surface area contributed by atoms with E-state index in [4.69, 9.17) is 9.47 Å². The lowest BCUT2D eigenvalue weighted by Gasteiger charge is -2.22. The maximum absolute atomic E-state index is 5.91. The van der Waals surface area contributed by atoms with Gasteiger partial charge in [-0.05, 0) is 31.4 Å². The van der Waals surface area contributed by atoms with E-state index in [1.54, 1.807) is 12.4 Å². The van der Waals surface area contributed by atoms with Crippen molar-refractivity contribution >= 4 is 0 Å². The number of ether oxygens (including phenoxy) is 2. The molecule has 6 heteroatoms. The van der Waals surface area contributed by atoms with Crippen LogP contribution in [0.15, 0.2) is 30.7 Å². The van der Waals surface area contributed by atoms with Gasteiger partial charge in [0, 0.05) is 31.2 Å². The molecule has 2 unspecified atom stereocenters. The minimum absolute atomic E-state index is 0.118. The molecule has 0 aliphatic carbocycles. The fourth-order valence-corrected chi connectivity index (χ4v) is 2.44. The van der Waals surface area contributed by atoms with Gasteiger partial charge in [-0.2, -0.15) is 0 Å². The SMILES string of the molecule is CCC(Oc1ncc[nH]1)C(C)Cc1ccc(OCCNC)nc1. The van der Waals surface area contributed by atoms with Crippen LogP contribution in [0.2, 0.25) is 0 Å². The number of nitrogens with zero attached hydrogens (tertiary/aromatic N) is 2. The van der Waals surface area contributed by atoms with Crippen LogP contribution in [0.3, 0.4) is 0 Å². The molecule has 0 saturated carbocycles. The lowest BCUT2D eigenvalue weighted by Crippen LogP contribution is -2.26. The van der Waals surface area contributed by atoms with E-state index in [0.717, 1.165) is 19.4 Å². The van der Waals surface area contributed by atoms with Gasteiger partial charge in [-0.3, -0.25) is 0 Å². The van der Waals surface area contributed by atoms with Crippen molar-refractivity contribution in [3.8, 4) is 11.9 Å². The van der Waals surface area contributed by atoms with Crippen LogP contribution in [0.5, 0.6) is 11.9 Å². The first-order valence-electron chi connectivity index (χ1n) is 8.11. The summed E-state index contributed by atoms with van der Waals surface area (Å²) in [7, 11) is 1.90. The predicted octanol–water partition coefficient (Wildman–Crippen LogP) is 2.44. The zero-order valence-electron chi connectivity index (χ0n) is 14.1. The maximum Gasteiger partial charge on any atom is 0.293 e. The van der Waals surface area contributed by atoms with Crippen molar-refractivity contribution in [2.24, 2.45) is 5.92 Å². The largest absolute Gasteiger partial charge is 0.476 e. The van der Waals surface area contributed by atoms with Gasteiger partial charge in [-0.1, -0.05) is 19.9 Å². The minimum atomic E-state index is 0.118. The molecule has 2 aromatic heterocycles. The second-order valence-electron chi connectivity index (χ2n) is 5.60. The molecule has 0 spiro atoms. The summed E-state index contributed by atoms with van der Waals surface area (Å²) in [5, 5.41) is 3.04. The normalized spacial score (nSPS) is 13.5. The molecule has 0 bridgehead atoms. The van der Waals surface area contributed by atoms with Crippen molar-refractivity contribution in [2.45, 2.75) is 32.8 Å². The van der Waals surface area contributed by atoms with Crippen LogP contribution in [-0.4, -0.2) is 41.3 Å². The number of aromatic amines is 1. The van der Waals surface area contributed by atoms with Crippen molar-refractivity contribution in [1.82, 2.24) is 20.3 Å². The molecule has 2 aromatic rings. The van der Waals surface area contributed by atoms with Gasteiger partial charge in [-0.15, -0.1) is 0 Å². The quantitative estimate of drug-likeness (QED) is 0.658. The average molecular weight is 318 g/mol. The first kappa shape index (κ1) is 17.3. The lowest BCUT2D eigenvalue weighted by atomic mass is 9.95. The van der Waals surface area contributed by atoms with Crippen molar-refractivity contribution < 1.29 is 9.47 Å². The van der Waals surface area contributed by atoms with E-state index >= 15 is 0 Å². The lowest BCUT2D eigenvalue weighted by molar-refractivity contribution is 0.126. The predicted molar refractivity (Wildman–Crippen MR) is 89.8 cm³/mol. The Morgan fingerprint density at radius 1 is 1.30 bits per heavy atom. The summed E-state index contributed by atoms with van der Waals surface area (Å²) < 4.78 is 11.4. The van der Waals surface area contributed by atoms with E-state index in [1.807, 2.05) is 19.3 Å². The number of H-pyrrole nitrogens is 1. The highest BCUT2D eigenvalue weighted by Crippen LogP contribution is 2.19. The number of rotatable bonds is 10. The molecule has 0 fully saturated rings. The van der Waals surface area contributed by atoms with Crippen LogP contribution in [0, 0.1) is 5.92 Å². The van der Waals surface area contributed by atoms with E-state index in [2.05, 4.69) is 40.2 Å². The average Bonchev–Trinajstić information content (AvgIpc) is 3.07. The molecule has 0 aromatic carbocycles. The van der Waals surface area contributed by atoms with Gasteiger partial charge in [0.25, 0.3) is 6.01 Å². The molecule has 0 aliphatic heterocycles. The van der Waals surface area contributed by atoms with Gasteiger partial charge in [0.2, 0.25) is 5.88 Å². The highest BCUT2D eigenvalue weighted by molar-refractivity contribution is 5.18. The van der Waals surface area contributed by atoms with Crippen molar-refractivity contribution in [2.75, 3.05) is 20.2 Å². The fourth-order valence-electron chi connectivity index (χ4n) is 2.44. The summed E-state index contributed by atoms with van der Waals surface area (Å²) in [5.41, 5.74) is 1.18. The summed E-state index contributed by atoms with van der Waals surface area (Å²) in [6.07, 6.45) is 7.30. The van der Waals surface area contributed by atoms with E-state index in [9.17, 15) is 0 Å². The maximum atomic E-state index is 5.91. The monoisotopic (exact) mass is 318 g/mol. The molecular formula is C17H26N4O2. The number of hydrogen-bond donors (Lipinski definition) is 2. The van der Waals surface area contributed by atoms with Crippen LogP contribution in [0.1, 0.15) is 25.8 Å². The molecule has 2 atom stereocenters. The van der Waals surface area contributed by atoms with Crippen LogP contribution < -0.4 is 14.8 Å². The van der Waals surface area contributed by atoms with Gasteiger partial charge in [-0.25, -0.2) is 9.97 Å². The Morgan fingerprint density at radius 3 is 2.78 bits per heavy atom. The summed E-state index contributed by atoms with van der Waals surface area (Å²) in [4.78, 5) is 11.5. The van der Waals surface area contributed by atoms with Gasteiger partial charge in [0.05, 0.1) is 0 Å². The van der Waals surface area contributed by atoms with Crippen LogP contribution in [0.25, 0.3) is 0 Å². The summed E-state index contributed by atoms with van der Waals surface area (Å²) >= 11 is 0. The number of likely N-dealkylation sites (N-methyl/N-ethyl adjacent to an activating group) is 1.